The monoisotopic (exact) mass is 302 g/mol. The molecule has 1 N–H and O–H groups in total. The van der Waals surface area contributed by atoms with Crippen molar-refractivity contribution in [2.24, 2.45) is 11.8 Å². The molecule has 0 heterocycles. The van der Waals surface area contributed by atoms with Crippen LogP contribution in [0.4, 0.5) is 0 Å². The van der Waals surface area contributed by atoms with Crippen LogP contribution in [0.1, 0.15) is 39.7 Å². The SMILES string of the molecule is CC(C)NC(=O)C1CC1C(=O)N(Cc1ccccc1)C(C)C. The van der Waals surface area contributed by atoms with Gasteiger partial charge in [0.25, 0.3) is 0 Å². The van der Waals surface area contributed by atoms with Gasteiger partial charge in [-0.3, -0.25) is 9.59 Å². The Labute approximate surface area is 132 Å². The number of benzene rings is 1. The largest absolute Gasteiger partial charge is 0.354 e. The summed E-state index contributed by atoms with van der Waals surface area (Å²) >= 11 is 0. The number of nitrogens with zero attached hydrogens (tertiary/aromatic N) is 1. The average molecular weight is 302 g/mol. The summed E-state index contributed by atoms with van der Waals surface area (Å²) in [5, 5.41) is 2.90. The van der Waals surface area contributed by atoms with Crippen molar-refractivity contribution < 1.29 is 9.59 Å². The van der Waals surface area contributed by atoms with Gasteiger partial charge in [0.05, 0.1) is 11.8 Å². The van der Waals surface area contributed by atoms with Crippen molar-refractivity contribution in [2.75, 3.05) is 0 Å². The Morgan fingerprint density at radius 1 is 1.14 bits per heavy atom. The lowest BCUT2D eigenvalue weighted by atomic mass is 10.1. The summed E-state index contributed by atoms with van der Waals surface area (Å²) in [6.45, 7) is 8.52. The molecule has 1 aromatic rings. The Hall–Kier alpha value is -1.84. The quantitative estimate of drug-likeness (QED) is 0.878. The van der Waals surface area contributed by atoms with E-state index in [0.717, 1.165) is 5.56 Å². The first kappa shape index (κ1) is 16.5. The molecule has 22 heavy (non-hydrogen) atoms. The van der Waals surface area contributed by atoms with E-state index in [2.05, 4.69) is 5.32 Å². The van der Waals surface area contributed by atoms with E-state index in [0.29, 0.717) is 13.0 Å². The maximum Gasteiger partial charge on any atom is 0.227 e. The van der Waals surface area contributed by atoms with Crippen LogP contribution in [0.2, 0.25) is 0 Å². The van der Waals surface area contributed by atoms with Crippen LogP contribution in [0.25, 0.3) is 0 Å². The predicted molar refractivity (Wildman–Crippen MR) is 87.0 cm³/mol. The van der Waals surface area contributed by atoms with E-state index in [1.54, 1.807) is 0 Å². The zero-order valence-electron chi connectivity index (χ0n) is 13.9. The predicted octanol–water partition coefficient (Wildman–Crippen LogP) is 2.58. The molecule has 2 rings (SSSR count). The number of amides is 2. The molecule has 1 aliphatic rings. The fourth-order valence-electron chi connectivity index (χ4n) is 2.66. The third-order valence-electron chi connectivity index (χ3n) is 3.98. The van der Waals surface area contributed by atoms with Crippen LogP contribution in [-0.2, 0) is 16.1 Å². The van der Waals surface area contributed by atoms with Crippen molar-refractivity contribution in [1.82, 2.24) is 10.2 Å². The van der Waals surface area contributed by atoms with Crippen molar-refractivity contribution in [3.05, 3.63) is 35.9 Å². The van der Waals surface area contributed by atoms with Gasteiger partial charge in [0.15, 0.2) is 0 Å². The minimum Gasteiger partial charge on any atom is -0.354 e. The Balaban J connectivity index is 1.98. The molecule has 2 unspecified atom stereocenters. The van der Waals surface area contributed by atoms with Crippen molar-refractivity contribution in [3.8, 4) is 0 Å². The van der Waals surface area contributed by atoms with Crippen LogP contribution in [0, 0.1) is 11.8 Å². The average Bonchev–Trinajstić information content (AvgIpc) is 3.24. The molecule has 1 aliphatic carbocycles. The summed E-state index contributed by atoms with van der Waals surface area (Å²) in [6, 6.07) is 10.2. The standard InChI is InChI=1S/C18H26N2O2/c1-12(2)19-17(21)15-10-16(15)18(22)20(13(3)4)11-14-8-6-5-7-9-14/h5-9,12-13,15-16H,10-11H2,1-4H3,(H,19,21). The molecule has 4 nitrogen and oxygen atoms in total. The third kappa shape index (κ3) is 4.09. The van der Waals surface area contributed by atoms with Crippen molar-refractivity contribution in [1.29, 1.82) is 0 Å². The van der Waals surface area contributed by atoms with Gasteiger partial charge < -0.3 is 10.2 Å². The maximum atomic E-state index is 12.7. The molecule has 1 fully saturated rings. The van der Waals surface area contributed by atoms with Crippen molar-refractivity contribution in [3.63, 3.8) is 0 Å². The molecule has 1 aromatic carbocycles. The third-order valence-corrected chi connectivity index (χ3v) is 3.98. The lowest BCUT2D eigenvalue weighted by Crippen LogP contribution is -2.39. The molecule has 0 spiro atoms. The minimum atomic E-state index is -0.148. The van der Waals surface area contributed by atoms with Gasteiger partial charge in [-0.1, -0.05) is 30.3 Å². The molecule has 2 amide bonds. The lowest BCUT2D eigenvalue weighted by Gasteiger charge is -2.27. The van der Waals surface area contributed by atoms with Gasteiger partial charge in [-0.05, 0) is 39.7 Å². The molecule has 0 saturated heterocycles. The second-order valence-corrected chi connectivity index (χ2v) is 6.66. The van der Waals surface area contributed by atoms with Gasteiger partial charge in [0, 0.05) is 18.6 Å². The molecular formula is C18H26N2O2. The Bertz CT molecular complexity index is 525. The van der Waals surface area contributed by atoms with E-state index in [1.807, 2.05) is 62.9 Å². The maximum absolute atomic E-state index is 12.7. The fourth-order valence-corrected chi connectivity index (χ4v) is 2.66. The Kier molecular flexibility index (Phi) is 5.22. The highest BCUT2D eigenvalue weighted by Gasteiger charge is 2.49. The molecule has 0 aliphatic heterocycles. The smallest absolute Gasteiger partial charge is 0.227 e. The first-order chi connectivity index (χ1) is 10.4. The van der Waals surface area contributed by atoms with E-state index in [-0.39, 0.29) is 35.7 Å². The van der Waals surface area contributed by atoms with E-state index < -0.39 is 0 Å². The van der Waals surface area contributed by atoms with E-state index in [4.69, 9.17) is 0 Å². The van der Waals surface area contributed by atoms with Crippen LogP contribution < -0.4 is 5.32 Å². The second kappa shape index (κ2) is 6.95. The van der Waals surface area contributed by atoms with Crippen LogP contribution in [0.5, 0.6) is 0 Å². The Morgan fingerprint density at radius 3 is 2.32 bits per heavy atom. The topological polar surface area (TPSA) is 49.4 Å². The number of carbonyl (C=O) groups is 2. The number of carbonyl (C=O) groups excluding carboxylic acids is 2. The molecule has 0 aromatic heterocycles. The Morgan fingerprint density at radius 2 is 1.77 bits per heavy atom. The molecule has 120 valence electrons. The molecule has 4 heteroatoms. The van der Waals surface area contributed by atoms with E-state index >= 15 is 0 Å². The summed E-state index contributed by atoms with van der Waals surface area (Å²) in [4.78, 5) is 26.6. The highest BCUT2D eigenvalue weighted by atomic mass is 16.2. The summed E-state index contributed by atoms with van der Waals surface area (Å²) < 4.78 is 0. The first-order valence-electron chi connectivity index (χ1n) is 8.05. The highest BCUT2D eigenvalue weighted by molar-refractivity contribution is 5.92. The lowest BCUT2D eigenvalue weighted by molar-refractivity contribution is -0.137. The molecule has 0 radical (unpaired) electrons. The van der Waals surface area contributed by atoms with Gasteiger partial charge in [-0.25, -0.2) is 0 Å². The minimum absolute atomic E-state index is 0.0109. The zero-order chi connectivity index (χ0) is 16.3. The van der Waals surface area contributed by atoms with Crippen LogP contribution in [-0.4, -0.2) is 28.8 Å². The van der Waals surface area contributed by atoms with Crippen LogP contribution >= 0.6 is 0 Å². The molecule has 2 atom stereocenters. The summed E-state index contributed by atoms with van der Waals surface area (Å²) in [5.41, 5.74) is 1.12. The normalized spacial score (nSPS) is 20.1. The number of rotatable bonds is 6. The van der Waals surface area contributed by atoms with Crippen molar-refractivity contribution >= 4 is 11.8 Å². The van der Waals surface area contributed by atoms with Gasteiger partial charge in [0.1, 0.15) is 0 Å². The molecular weight excluding hydrogens is 276 g/mol. The van der Waals surface area contributed by atoms with Gasteiger partial charge in [0.2, 0.25) is 11.8 Å². The number of hydrogen-bond donors (Lipinski definition) is 1. The van der Waals surface area contributed by atoms with E-state index in [1.165, 1.54) is 0 Å². The summed E-state index contributed by atoms with van der Waals surface area (Å²) in [5.74, 6) is -0.184. The zero-order valence-corrected chi connectivity index (χ0v) is 13.9. The summed E-state index contributed by atoms with van der Waals surface area (Å²) in [6.07, 6.45) is 0.676. The summed E-state index contributed by atoms with van der Waals surface area (Å²) in [7, 11) is 0. The van der Waals surface area contributed by atoms with Crippen LogP contribution in [0.3, 0.4) is 0 Å². The van der Waals surface area contributed by atoms with Gasteiger partial charge >= 0.3 is 0 Å². The van der Waals surface area contributed by atoms with Crippen LogP contribution in [0.15, 0.2) is 30.3 Å². The highest BCUT2D eigenvalue weighted by Crippen LogP contribution is 2.40. The van der Waals surface area contributed by atoms with Gasteiger partial charge in [-0.15, -0.1) is 0 Å². The first-order valence-corrected chi connectivity index (χ1v) is 8.05. The van der Waals surface area contributed by atoms with Crippen molar-refractivity contribution in [2.45, 2.75) is 52.7 Å². The number of nitrogens with one attached hydrogen (secondary N) is 1. The van der Waals surface area contributed by atoms with Gasteiger partial charge in [-0.2, -0.15) is 0 Å². The number of hydrogen-bond acceptors (Lipinski definition) is 2. The molecule has 0 bridgehead atoms. The van der Waals surface area contributed by atoms with E-state index in [9.17, 15) is 9.59 Å². The second-order valence-electron chi connectivity index (χ2n) is 6.66. The molecule has 1 saturated carbocycles. The fraction of sp³-hybridized carbons (Fsp3) is 0.556.